The fourth-order valence-corrected chi connectivity index (χ4v) is 2.94. The fourth-order valence-electron chi connectivity index (χ4n) is 2.94. The second kappa shape index (κ2) is 5.33. The number of esters is 1. The Kier molecular flexibility index (Phi) is 3.75. The number of benzene rings is 1. The molecule has 0 bridgehead atoms. The van der Waals surface area contributed by atoms with Gasteiger partial charge in [0.05, 0.1) is 18.8 Å². The van der Waals surface area contributed by atoms with E-state index in [0.29, 0.717) is 12.2 Å². The molecule has 1 aromatic carbocycles. The summed E-state index contributed by atoms with van der Waals surface area (Å²) in [5.74, 6) is -0.393. The average molecular weight is 305 g/mol. The molecule has 0 saturated carbocycles. The van der Waals surface area contributed by atoms with Crippen LogP contribution in [0.5, 0.6) is 0 Å². The number of hydrogen-bond acceptors (Lipinski definition) is 5. The van der Waals surface area contributed by atoms with E-state index < -0.39 is 17.8 Å². The van der Waals surface area contributed by atoms with Crippen molar-refractivity contribution >= 4 is 5.97 Å². The molecule has 2 saturated heterocycles. The second-order valence-corrected chi connectivity index (χ2v) is 7.03. The highest BCUT2D eigenvalue weighted by atomic mass is 16.6. The minimum atomic E-state index is -0.999. The lowest BCUT2D eigenvalue weighted by Gasteiger charge is -2.27. The molecular weight excluding hydrogens is 282 g/mol. The Hall–Kier alpha value is -1.43. The van der Waals surface area contributed by atoms with Gasteiger partial charge in [0, 0.05) is 6.42 Å². The first-order chi connectivity index (χ1) is 10.3. The maximum absolute atomic E-state index is 12.3. The van der Waals surface area contributed by atoms with Gasteiger partial charge in [0.2, 0.25) is 0 Å². The summed E-state index contributed by atoms with van der Waals surface area (Å²) in [6.07, 6.45) is -0.00599. The van der Waals surface area contributed by atoms with Gasteiger partial charge < -0.3 is 14.2 Å². The van der Waals surface area contributed by atoms with Crippen LogP contribution >= 0.6 is 0 Å². The lowest BCUT2D eigenvalue weighted by molar-refractivity contribution is -0.0803. The van der Waals surface area contributed by atoms with Gasteiger partial charge in [-0.15, -0.1) is 0 Å². The molecule has 2 aliphatic rings. The van der Waals surface area contributed by atoms with Gasteiger partial charge in [0.15, 0.2) is 11.8 Å². The molecule has 5 heteroatoms. The number of rotatable bonds is 2. The molecule has 2 heterocycles. The summed E-state index contributed by atoms with van der Waals surface area (Å²) in [6, 6.07) is 7.48. The molecule has 3 atom stereocenters. The number of ether oxygens (including phenoxy) is 3. The molecular formula is C17H23NO4. The van der Waals surface area contributed by atoms with Gasteiger partial charge >= 0.3 is 5.97 Å². The fraction of sp³-hybridized carbons (Fsp3) is 0.588. The van der Waals surface area contributed by atoms with Crippen LogP contribution in [0.25, 0.3) is 0 Å². The zero-order chi connectivity index (χ0) is 16.0. The van der Waals surface area contributed by atoms with Crippen LogP contribution in [0.15, 0.2) is 24.3 Å². The van der Waals surface area contributed by atoms with Crippen LogP contribution in [0.2, 0.25) is 0 Å². The molecule has 0 aliphatic carbocycles. The van der Waals surface area contributed by atoms with Crippen LogP contribution in [0.1, 0.15) is 43.1 Å². The summed E-state index contributed by atoms with van der Waals surface area (Å²) < 4.78 is 16.6. The maximum Gasteiger partial charge on any atom is 0.338 e. The van der Waals surface area contributed by atoms with E-state index in [0.717, 1.165) is 6.42 Å². The lowest BCUT2D eigenvalue weighted by Crippen LogP contribution is -2.55. The molecule has 0 amide bonds. The van der Waals surface area contributed by atoms with E-state index in [9.17, 15) is 4.79 Å². The van der Waals surface area contributed by atoms with Crippen LogP contribution < -0.4 is 5.73 Å². The summed E-state index contributed by atoms with van der Waals surface area (Å²) in [5.41, 5.74) is 6.92. The molecule has 22 heavy (non-hydrogen) atoms. The van der Waals surface area contributed by atoms with E-state index in [1.54, 1.807) is 12.1 Å². The van der Waals surface area contributed by atoms with E-state index >= 15 is 0 Å². The SMILES string of the molecule is CC(C)(C)c1ccc(C(=O)OC2CO[C@@H]3CCO[C@]23N)cc1. The third-order valence-corrected chi connectivity index (χ3v) is 4.42. The molecule has 0 spiro atoms. The number of hydrogen-bond donors (Lipinski definition) is 1. The molecule has 0 radical (unpaired) electrons. The van der Waals surface area contributed by atoms with E-state index in [1.807, 2.05) is 12.1 Å². The number of fused-ring (bicyclic) bond motifs is 1. The summed E-state index contributed by atoms with van der Waals surface area (Å²) in [6.45, 7) is 7.21. The zero-order valence-corrected chi connectivity index (χ0v) is 13.3. The van der Waals surface area contributed by atoms with Crippen molar-refractivity contribution in [1.29, 1.82) is 0 Å². The number of nitrogens with two attached hydrogens (primary N) is 1. The average Bonchev–Trinajstić information content (AvgIpc) is 2.96. The van der Waals surface area contributed by atoms with Gasteiger partial charge in [-0.3, -0.25) is 5.73 Å². The Morgan fingerprint density at radius 1 is 1.32 bits per heavy atom. The molecule has 5 nitrogen and oxygen atoms in total. The highest BCUT2D eigenvalue weighted by Gasteiger charge is 2.55. The third kappa shape index (κ3) is 2.64. The Balaban J connectivity index is 1.70. The van der Waals surface area contributed by atoms with Crippen molar-refractivity contribution in [2.75, 3.05) is 13.2 Å². The second-order valence-electron chi connectivity index (χ2n) is 7.03. The molecule has 1 aromatic rings. The minimum Gasteiger partial charge on any atom is -0.452 e. The van der Waals surface area contributed by atoms with Crippen LogP contribution in [0, 0.1) is 0 Å². The normalized spacial score (nSPS) is 31.1. The van der Waals surface area contributed by atoms with Crippen LogP contribution in [0.3, 0.4) is 0 Å². The van der Waals surface area contributed by atoms with E-state index in [1.165, 1.54) is 5.56 Å². The highest BCUT2D eigenvalue weighted by molar-refractivity contribution is 5.89. The van der Waals surface area contributed by atoms with Gasteiger partial charge in [0.25, 0.3) is 0 Å². The first-order valence-corrected chi connectivity index (χ1v) is 7.67. The van der Waals surface area contributed by atoms with Gasteiger partial charge in [-0.1, -0.05) is 32.9 Å². The summed E-state index contributed by atoms with van der Waals surface area (Å²) >= 11 is 0. The Labute approximate surface area is 130 Å². The van der Waals surface area contributed by atoms with Crippen molar-refractivity contribution in [3.8, 4) is 0 Å². The predicted molar refractivity (Wildman–Crippen MR) is 81.6 cm³/mol. The lowest BCUT2D eigenvalue weighted by atomic mass is 9.87. The first-order valence-electron chi connectivity index (χ1n) is 7.67. The molecule has 2 aliphatic heterocycles. The molecule has 1 unspecified atom stereocenters. The summed E-state index contributed by atoms with van der Waals surface area (Å²) in [5, 5.41) is 0. The van der Waals surface area contributed by atoms with Gasteiger partial charge in [-0.2, -0.15) is 0 Å². The van der Waals surface area contributed by atoms with Crippen molar-refractivity contribution in [3.63, 3.8) is 0 Å². The van der Waals surface area contributed by atoms with Gasteiger partial charge in [-0.05, 0) is 23.1 Å². The zero-order valence-electron chi connectivity index (χ0n) is 13.3. The predicted octanol–water partition coefficient (Wildman–Crippen LogP) is 1.98. The molecule has 3 rings (SSSR count). The summed E-state index contributed by atoms with van der Waals surface area (Å²) in [4.78, 5) is 12.3. The third-order valence-electron chi connectivity index (χ3n) is 4.42. The minimum absolute atomic E-state index is 0.0496. The first kappa shape index (κ1) is 15.5. The highest BCUT2D eigenvalue weighted by Crippen LogP contribution is 2.35. The molecule has 2 fully saturated rings. The van der Waals surface area contributed by atoms with E-state index in [4.69, 9.17) is 19.9 Å². The van der Waals surface area contributed by atoms with Crippen molar-refractivity contribution in [2.24, 2.45) is 5.73 Å². The van der Waals surface area contributed by atoms with Crippen LogP contribution in [-0.4, -0.2) is 37.1 Å². The van der Waals surface area contributed by atoms with Crippen molar-refractivity contribution in [3.05, 3.63) is 35.4 Å². The van der Waals surface area contributed by atoms with Gasteiger partial charge in [0.1, 0.15) is 6.10 Å². The Morgan fingerprint density at radius 2 is 2.00 bits per heavy atom. The maximum atomic E-state index is 12.3. The van der Waals surface area contributed by atoms with Crippen LogP contribution in [-0.2, 0) is 19.6 Å². The Morgan fingerprint density at radius 3 is 2.64 bits per heavy atom. The van der Waals surface area contributed by atoms with Gasteiger partial charge in [-0.25, -0.2) is 4.79 Å². The van der Waals surface area contributed by atoms with E-state index in [2.05, 4.69) is 20.8 Å². The largest absolute Gasteiger partial charge is 0.452 e. The summed E-state index contributed by atoms with van der Waals surface area (Å²) in [7, 11) is 0. The molecule has 120 valence electrons. The van der Waals surface area contributed by atoms with Crippen molar-refractivity contribution in [2.45, 2.75) is 50.5 Å². The topological polar surface area (TPSA) is 70.8 Å². The molecule has 2 N–H and O–H groups in total. The van der Waals surface area contributed by atoms with Crippen molar-refractivity contribution in [1.82, 2.24) is 0 Å². The van der Waals surface area contributed by atoms with Crippen molar-refractivity contribution < 1.29 is 19.0 Å². The standard InChI is InChI=1S/C17H23NO4/c1-16(2,3)12-6-4-11(5-7-12)15(19)22-14-10-20-13-8-9-21-17(13,14)18/h4-7,13-14H,8-10,18H2,1-3H3/t13-,14?,17+/m1/s1. The van der Waals surface area contributed by atoms with E-state index in [-0.39, 0.29) is 18.1 Å². The van der Waals surface area contributed by atoms with Crippen LogP contribution in [0.4, 0.5) is 0 Å². The quantitative estimate of drug-likeness (QED) is 0.846. The number of carbonyl (C=O) groups is 1. The Bertz CT molecular complexity index is 563. The monoisotopic (exact) mass is 305 g/mol. The number of carbonyl (C=O) groups excluding carboxylic acids is 1. The molecule has 0 aromatic heterocycles. The smallest absolute Gasteiger partial charge is 0.338 e.